The molecule has 112 valence electrons. The number of hydrogen-bond acceptors (Lipinski definition) is 4. The van der Waals surface area contributed by atoms with Gasteiger partial charge in [0.2, 0.25) is 5.91 Å². The largest absolute Gasteiger partial charge is 0.494 e. The molecule has 0 aliphatic rings. The van der Waals surface area contributed by atoms with E-state index in [1.807, 2.05) is 30.7 Å². The van der Waals surface area contributed by atoms with E-state index in [4.69, 9.17) is 4.74 Å². The number of carbonyl (C=O) groups excluding carboxylic acids is 1. The lowest BCUT2D eigenvalue weighted by Gasteiger charge is -2.13. The van der Waals surface area contributed by atoms with Gasteiger partial charge < -0.3 is 19.9 Å². The minimum Gasteiger partial charge on any atom is -0.494 e. The van der Waals surface area contributed by atoms with Gasteiger partial charge in [0.05, 0.1) is 31.4 Å². The van der Waals surface area contributed by atoms with Crippen molar-refractivity contribution in [2.75, 3.05) is 17.7 Å². The molecule has 1 aromatic carbocycles. The van der Waals surface area contributed by atoms with Gasteiger partial charge in [-0.2, -0.15) is 0 Å². The summed E-state index contributed by atoms with van der Waals surface area (Å²) in [5.41, 5.74) is 2.70. The summed E-state index contributed by atoms with van der Waals surface area (Å²) in [4.78, 5) is 15.3. The Kier molecular flexibility index (Phi) is 4.81. The summed E-state index contributed by atoms with van der Waals surface area (Å²) < 4.78 is 7.38. The summed E-state index contributed by atoms with van der Waals surface area (Å²) in [6.07, 6.45) is 3.66. The summed E-state index contributed by atoms with van der Waals surface area (Å²) in [6.45, 7) is 5.12. The molecule has 0 saturated carbocycles. The number of nitrogens with zero attached hydrogens (tertiary/aromatic N) is 2. The van der Waals surface area contributed by atoms with E-state index in [2.05, 4.69) is 27.1 Å². The molecule has 0 atom stereocenters. The number of methoxy groups -OCH3 is 1. The molecule has 0 aliphatic heterocycles. The molecule has 0 spiro atoms. The second-order valence-electron chi connectivity index (χ2n) is 4.62. The summed E-state index contributed by atoms with van der Waals surface area (Å²) in [6, 6.07) is 5.58. The van der Waals surface area contributed by atoms with Crippen molar-refractivity contribution in [2.45, 2.75) is 26.9 Å². The van der Waals surface area contributed by atoms with Crippen molar-refractivity contribution < 1.29 is 9.53 Å². The number of amides is 1. The molecule has 0 radical (unpaired) electrons. The monoisotopic (exact) mass is 288 g/mol. The van der Waals surface area contributed by atoms with E-state index in [9.17, 15) is 4.79 Å². The molecular formula is C15H20N4O2. The van der Waals surface area contributed by atoms with Crippen LogP contribution < -0.4 is 15.4 Å². The van der Waals surface area contributed by atoms with E-state index in [0.29, 0.717) is 18.0 Å². The first kappa shape index (κ1) is 14.9. The molecule has 0 unspecified atom stereocenters. The Hall–Kier alpha value is -2.50. The Labute approximate surface area is 124 Å². The minimum atomic E-state index is -0.124. The van der Waals surface area contributed by atoms with E-state index >= 15 is 0 Å². The van der Waals surface area contributed by atoms with Crippen molar-refractivity contribution >= 4 is 17.3 Å². The minimum absolute atomic E-state index is 0.124. The van der Waals surface area contributed by atoms with Crippen LogP contribution >= 0.6 is 0 Å². The van der Waals surface area contributed by atoms with Crippen molar-refractivity contribution in [3.8, 4) is 5.75 Å². The molecule has 2 rings (SSSR count). The molecule has 1 amide bonds. The van der Waals surface area contributed by atoms with Gasteiger partial charge in [0.25, 0.3) is 0 Å². The second-order valence-corrected chi connectivity index (χ2v) is 4.62. The van der Waals surface area contributed by atoms with Crippen LogP contribution in [0.4, 0.5) is 11.4 Å². The van der Waals surface area contributed by atoms with Gasteiger partial charge >= 0.3 is 0 Å². The predicted molar refractivity (Wildman–Crippen MR) is 82.5 cm³/mol. The van der Waals surface area contributed by atoms with Crippen LogP contribution in [-0.4, -0.2) is 22.6 Å². The van der Waals surface area contributed by atoms with Gasteiger partial charge in [-0.25, -0.2) is 4.98 Å². The molecule has 1 heterocycles. The lowest BCUT2D eigenvalue weighted by Crippen LogP contribution is -2.08. The average molecular weight is 288 g/mol. The molecule has 0 bridgehead atoms. The van der Waals surface area contributed by atoms with Gasteiger partial charge in [0.15, 0.2) is 0 Å². The normalized spacial score (nSPS) is 10.2. The Balaban J connectivity index is 2.08. The Morgan fingerprint density at radius 2 is 2.24 bits per heavy atom. The summed E-state index contributed by atoms with van der Waals surface area (Å²) in [7, 11) is 1.58. The zero-order valence-electron chi connectivity index (χ0n) is 12.5. The highest BCUT2D eigenvalue weighted by atomic mass is 16.5. The highest BCUT2D eigenvalue weighted by Crippen LogP contribution is 2.28. The van der Waals surface area contributed by atoms with E-state index in [-0.39, 0.29) is 5.91 Å². The van der Waals surface area contributed by atoms with Gasteiger partial charge in [0, 0.05) is 31.4 Å². The van der Waals surface area contributed by atoms with Crippen molar-refractivity contribution in [1.82, 2.24) is 9.55 Å². The maximum absolute atomic E-state index is 11.1. The fourth-order valence-corrected chi connectivity index (χ4v) is 2.07. The molecule has 0 fully saturated rings. The van der Waals surface area contributed by atoms with Gasteiger partial charge in [0.1, 0.15) is 5.75 Å². The Morgan fingerprint density at radius 1 is 1.43 bits per heavy atom. The number of aromatic nitrogens is 2. The van der Waals surface area contributed by atoms with Gasteiger partial charge in [-0.05, 0) is 19.1 Å². The first-order valence-corrected chi connectivity index (χ1v) is 6.82. The lowest BCUT2D eigenvalue weighted by atomic mass is 10.2. The van der Waals surface area contributed by atoms with Crippen LogP contribution in [0.5, 0.6) is 5.75 Å². The first-order valence-electron chi connectivity index (χ1n) is 6.82. The number of carbonyl (C=O) groups is 1. The number of imidazole rings is 1. The van der Waals surface area contributed by atoms with Crippen LogP contribution in [0.25, 0.3) is 0 Å². The van der Waals surface area contributed by atoms with Crippen molar-refractivity contribution in [2.24, 2.45) is 0 Å². The fourth-order valence-electron chi connectivity index (χ4n) is 2.07. The zero-order valence-corrected chi connectivity index (χ0v) is 12.5. The fraction of sp³-hybridized carbons (Fsp3) is 0.333. The molecule has 1 aromatic heterocycles. The molecule has 0 aliphatic carbocycles. The predicted octanol–water partition coefficient (Wildman–Crippen LogP) is 2.48. The third-order valence-electron chi connectivity index (χ3n) is 3.13. The summed E-state index contributed by atoms with van der Waals surface area (Å²) in [5, 5.41) is 6.06. The molecular weight excluding hydrogens is 268 g/mol. The topological polar surface area (TPSA) is 68.2 Å². The third-order valence-corrected chi connectivity index (χ3v) is 3.13. The van der Waals surface area contributed by atoms with Crippen LogP contribution in [0.1, 0.15) is 19.5 Å². The number of aryl methyl sites for hydroxylation is 1. The summed E-state index contributed by atoms with van der Waals surface area (Å²) in [5.74, 6) is 0.500. The van der Waals surface area contributed by atoms with Crippen molar-refractivity contribution in [3.05, 3.63) is 36.4 Å². The maximum Gasteiger partial charge on any atom is 0.221 e. The standard InChI is InChI=1S/C15H20N4O2/c1-4-19-10-16-8-13(19)9-17-12-5-6-14(18-11(2)20)15(7-12)21-3/h5-8,10,17H,4,9H2,1-3H3,(H,18,20). The van der Waals surface area contributed by atoms with E-state index < -0.39 is 0 Å². The molecule has 2 aromatic rings. The van der Waals surface area contributed by atoms with Gasteiger partial charge in [-0.15, -0.1) is 0 Å². The zero-order chi connectivity index (χ0) is 15.2. The van der Waals surface area contributed by atoms with E-state index in [1.165, 1.54) is 6.92 Å². The lowest BCUT2D eigenvalue weighted by molar-refractivity contribution is -0.114. The highest BCUT2D eigenvalue weighted by molar-refractivity contribution is 5.90. The Morgan fingerprint density at radius 3 is 2.90 bits per heavy atom. The van der Waals surface area contributed by atoms with Crippen molar-refractivity contribution in [3.63, 3.8) is 0 Å². The highest BCUT2D eigenvalue weighted by Gasteiger charge is 2.06. The second kappa shape index (κ2) is 6.78. The molecule has 0 saturated heterocycles. The number of ether oxygens (including phenoxy) is 1. The molecule has 2 N–H and O–H groups in total. The number of benzene rings is 1. The number of anilines is 2. The number of nitrogens with one attached hydrogen (secondary N) is 2. The van der Waals surface area contributed by atoms with Gasteiger partial charge in [-0.1, -0.05) is 0 Å². The Bertz CT molecular complexity index is 622. The summed E-state index contributed by atoms with van der Waals surface area (Å²) >= 11 is 0. The van der Waals surface area contributed by atoms with Crippen LogP contribution in [0, 0.1) is 0 Å². The number of hydrogen-bond donors (Lipinski definition) is 2. The van der Waals surface area contributed by atoms with Crippen LogP contribution in [0.2, 0.25) is 0 Å². The van der Waals surface area contributed by atoms with Crippen molar-refractivity contribution in [1.29, 1.82) is 0 Å². The van der Waals surface area contributed by atoms with E-state index in [0.717, 1.165) is 17.9 Å². The van der Waals surface area contributed by atoms with Crippen LogP contribution in [-0.2, 0) is 17.9 Å². The maximum atomic E-state index is 11.1. The average Bonchev–Trinajstić information content (AvgIpc) is 2.93. The van der Waals surface area contributed by atoms with Crippen LogP contribution in [0.3, 0.4) is 0 Å². The van der Waals surface area contributed by atoms with Gasteiger partial charge in [-0.3, -0.25) is 4.79 Å². The van der Waals surface area contributed by atoms with E-state index in [1.54, 1.807) is 7.11 Å². The first-order chi connectivity index (χ1) is 10.1. The molecule has 21 heavy (non-hydrogen) atoms. The van der Waals surface area contributed by atoms with Crippen LogP contribution in [0.15, 0.2) is 30.7 Å². The smallest absolute Gasteiger partial charge is 0.221 e. The molecule has 6 nitrogen and oxygen atoms in total. The quantitative estimate of drug-likeness (QED) is 0.857. The third kappa shape index (κ3) is 3.75. The molecule has 6 heteroatoms. The SMILES string of the molecule is CCn1cncc1CNc1ccc(NC(C)=O)c(OC)c1. The number of rotatable bonds is 6.